The standard InChI is InChI=1S/C22H17N5O4/c23-22(30)14-4-3-5-16(10-14)31-21-9-8-15(11-24-21)26-20(29)13-27-18-7-2-1-6-17(18)19(28)12-25-27/h1-12H,13H2,(H2,23,30)(H,26,29). The quantitative estimate of drug-likeness (QED) is 0.497. The van der Waals surface area contributed by atoms with Crippen LogP contribution in [0, 0.1) is 0 Å². The summed E-state index contributed by atoms with van der Waals surface area (Å²) in [5.41, 5.74) is 6.43. The lowest BCUT2D eigenvalue weighted by molar-refractivity contribution is -0.116. The Labute approximate surface area is 176 Å². The fraction of sp³-hybridized carbons (Fsp3) is 0.0455. The number of fused-ring (bicyclic) bond motifs is 1. The maximum Gasteiger partial charge on any atom is 0.248 e. The molecule has 3 N–H and O–H groups in total. The zero-order valence-electron chi connectivity index (χ0n) is 16.2. The molecule has 31 heavy (non-hydrogen) atoms. The maximum atomic E-state index is 12.4. The molecular formula is C22H17N5O4. The van der Waals surface area contributed by atoms with Gasteiger partial charge in [0, 0.05) is 17.0 Å². The van der Waals surface area contributed by atoms with Gasteiger partial charge in [-0.25, -0.2) is 4.98 Å². The highest BCUT2D eigenvalue weighted by Gasteiger charge is 2.09. The van der Waals surface area contributed by atoms with Gasteiger partial charge in [0.1, 0.15) is 12.3 Å². The van der Waals surface area contributed by atoms with Crippen LogP contribution in [0.5, 0.6) is 11.6 Å². The van der Waals surface area contributed by atoms with Crippen LogP contribution in [0.1, 0.15) is 10.4 Å². The molecule has 154 valence electrons. The first-order chi connectivity index (χ1) is 15.0. The molecule has 0 aliphatic heterocycles. The van der Waals surface area contributed by atoms with Crippen LogP contribution in [0.15, 0.2) is 77.9 Å². The first-order valence-electron chi connectivity index (χ1n) is 9.28. The molecule has 0 saturated heterocycles. The third-order valence-electron chi connectivity index (χ3n) is 4.42. The average molecular weight is 415 g/mol. The molecule has 4 rings (SSSR count). The number of nitrogens with two attached hydrogens (primary N) is 1. The van der Waals surface area contributed by atoms with Gasteiger partial charge in [0.05, 0.1) is 23.6 Å². The summed E-state index contributed by atoms with van der Waals surface area (Å²) in [4.78, 5) is 39.8. The number of pyridine rings is 1. The van der Waals surface area contributed by atoms with E-state index in [9.17, 15) is 14.4 Å². The Morgan fingerprint density at radius 3 is 2.65 bits per heavy atom. The van der Waals surface area contributed by atoms with Crippen molar-refractivity contribution >= 4 is 28.4 Å². The number of rotatable bonds is 6. The van der Waals surface area contributed by atoms with Gasteiger partial charge in [0.25, 0.3) is 0 Å². The number of para-hydroxylation sites is 1. The summed E-state index contributed by atoms with van der Waals surface area (Å²) in [6.07, 6.45) is 2.64. The van der Waals surface area contributed by atoms with Gasteiger partial charge in [-0.1, -0.05) is 18.2 Å². The molecule has 0 atom stereocenters. The molecule has 2 aromatic heterocycles. The van der Waals surface area contributed by atoms with Gasteiger partial charge >= 0.3 is 0 Å². The van der Waals surface area contributed by atoms with Crippen LogP contribution >= 0.6 is 0 Å². The number of carbonyl (C=O) groups is 2. The smallest absolute Gasteiger partial charge is 0.248 e. The van der Waals surface area contributed by atoms with Gasteiger partial charge < -0.3 is 15.8 Å². The fourth-order valence-corrected chi connectivity index (χ4v) is 2.97. The van der Waals surface area contributed by atoms with Gasteiger partial charge in [-0.05, 0) is 36.4 Å². The lowest BCUT2D eigenvalue weighted by atomic mass is 10.2. The molecule has 4 aromatic rings. The molecule has 2 amide bonds. The average Bonchev–Trinajstić information content (AvgIpc) is 2.77. The molecule has 0 aliphatic rings. The maximum absolute atomic E-state index is 12.4. The zero-order chi connectivity index (χ0) is 21.8. The molecule has 9 nitrogen and oxygen atoms in total. The highest BCUT2D eigenvalue weighted by Crippen LogP contribution is 2.21. The lowest BCUT2D eigenvalue weighted by Gasteiger charge is -2.10. The third-order valence-corrected chi connectivity index (χ3v) is 4.42. The lowest BCUT2D eigenvalue weighted by Crippen LogP contribution is -2.22. The third kappa shape index (κ3) is 4.56. The van der Waals surface area contributed by atoms with Crippen LogP contribution in [0.3, 0.4) is 0 Å². The molecular weight excluding hydrogens is 398 g/mol. The second-order valence-electron chi connectivity index (χ2n) is 6.61. The number of hydrogen-bond acceptors (Lipinski definition) is 6. The van der Waals surface area contributed by atoms with Crippen molar-refractivity contribution in [2.45, 2.75) is 6.54 Å². The number of hydrogen-bond donors (Lipinski definition) is 2. The van der Waals surface area contributed by atoms with E-state index in [0.29, 0.717) is 27.9 Å². The minimum atomic E-state index is -0.554. The number of primary amides is 1. The summed E-state index contributed by atoms with van der Waals surface area (Å²) in [5, 5.41) is 7.27. The Morgan fingerprint density at radius 2 is 1.87 bits per heavy atom. The molecule has 2 heterocycles. The van der Waals surface area contributed by atoms with Gasteiger partial charge in [0.2, 0.25) is 23.1 Å². The Kier molecular flexibility index (Phi) is 5.39. The summed E-state index contributed by atoms with van der Waals surface area (Å²) >= 11 is 0. The van der Waals surface area contributed by atoms with Crippen molar-refractivity contribution in [3.05, 3.63) is 88.8 Å². The van der Waals surface area contributed by atoms with Crippen molar-refractivity contribution in [1.82, 2.24) is 14.8 Å². The van der Waals surface area contributed by atoms with E-state index in [-0.39, 0.29) is 23.8 Å². The van der Waals surface area contributed by atoms with E-state index in [1.54, 1.807) is 54.6 Å². The van der Waals surface area contributed by atoms with Crippen LogP contribution in [0.4, 0.5) is 5.69 Å². The Bertz CT molecular complexity index is 1330. The summed E-state index contributed by atoms with van der Waals surface area (Å²) < 4.78 is 7.07. The number of aromatic nitrogens is 3. The van der Waals surface area contributed by atoms with Crippen LogP contribution < -0.4 is 21.2 Å². The first-order valence-corrected chi connectivity index (χ1v) is 9.28. The van der Waals surface area contributed by atoms with E-state index in [1.165, 1.54) is 23.1 Å². The van der Waals surface area contributed by atoms with E-state index in [2.05, 4.69) is 15.4 Å². The van der Waals surface area contributed by atoms with Crippen molar-refractivity contribution in [3.63, 3.8) is 0 Å². The van der Waals surface area contributed by atoms with Gasteiger partial charge in [-0.2, -0.15) is 5.10 Å². The predicted molar refractivity (Wildman–Crippen MR) is 114 cm³/mol. The zero-order valence-corrected chi connectivity index (χ0v) is 16.2. The van der Waals surface area contributed by atoms with Crippen LogP contribution in [0.25, 0.3) is 10.9 Å². The van der Waals surface area contributed by atoms with Crippen molar-refractivity contribution < 1.29 is 14.3 Å². The highest BCUT2D eigenvalue weighted by molar-refractivity contribution is 5.93. The van der Waals surface area contributed by atoms with Gasteiger partial charge in [-0.15, -0.1) is 0 Å². The topological polar surface area (TPSA) is 129 Å². The molecule has 0 saturated carbocycles. The summed E-state index contributed by atoms with van der Waals surface area (Å²) in [6, 6.07) is 16.6. The second-order valence-corrected chi connectivity index (χ2v) is 6.61. The van der Waals surface area contributed by atoms with Gasteiger partial charge in [-0.3, -0.25) is 19.1 Å². The largest absolute Gasteiger partial charge is 0.439 e. The van der Waals surface area contributed by atoms with Crippen molar-refractivity contribution in [2.75, 3.05) is 5.32 Å². The minimum Gasteiger partial charge on any atom is -0.439 e. The van der Waals surface area contributed by atoms with Crippen molar-refractivity contribution in [2.24, 2.45) is 5.73 Å². The van der Waals surface area contributed by atoms with E-state index in [4.69, 9.17) is 10.5 Å². The summed E-state index contributed by atoms with van der Waals surface area (Å²) in [7, 11) is 0. The molecule has 0 unspecified atom stereocenters. The molecule has 9 heteroatoms. The minimum absolute atomic E-state index is 0.0705. The van der Waals surface area contributed by atoms with Crippen LogP contribution in [-0.2, 0) is 11.3 Å². The Morgan fingerprint density at radius 1 is 1.03 bits per heavy atom. The number of nitrogens with zero attached hydrogens (tertiary/aromatic N) is 3. The number of benzene rings is 2. The number of ether oxygens (including phenoxy) is 1. The summed E-state index contributed by atoms with van der Waals surface area (Å²) in [5.74, 6) is -0.183. The fourth-order valence-electron chi connectivity index (χ4n) is 2.97. The number of nitrogens with one attached hydrogen (secondary N) is 1. The summed E-state index contributed by atoms with van der Waals surface area (Å²) in [6.45, 7) is -0.0705. The molecule has 0 bridgehead atoms. The number of anilines is 1. The molecule has 2 aromatic carbocycles. The SMILES string of the molecule is NC(=O)c1cccc(Oc2ccc(NC(=O)Cn3ncc(=O)c4ccccc43)cn2)c1. The van der Waals surface area contributed by atoms with Crippen LogP contribution in [-0.4, -0.2) is 26.6 Å². The van der Waals surface area contributed by atoms with E-state index >= 15 is 0 Å². The van der Waals surface area contributed by atoms with Crippen LogP contribution in [0.2, 0.25) is 0 Å². The molecule has 0 fully saturated rings. The predicted octanol–water partition coefficient (Wildman–Crippen LogP) is 2.32. The Balaban J connectivity index is 1.43. The first kappa shape index (κ1) is 19.8. The Hall–Kier alpha value is -4.53. The number of amides is 2. The molecule has 0 spiro atoms. The molecule has 0 aliphatic carbocycles. The monoisotopic (exact) mass is 415 g/mol. The van der Waals surface area contributed by atoms with E-state index in [1.807, 2.05) is 0 Å². The van der Waals surface area contributed by atoms with Crippen molar-refractivity contribution in [1.29, 1.82) is 0 Å². The normalized spacial score (nSPS) is 10.6. The second kappa shape index (κ2) is 8.46. The van der Waals surface area contributed by atoms with Crippen molar-refractivity contribution in [3.8, 4) is 11.6 Å². The van der Waals surface area contributed by atoms with Gasteiger partial charge in [0.15, 0.2) is 0 Å². The van der Waals surface area contributed by atoms with E-state index in [0.717, 1.165) is 0 Å². The highest BCUT2D eigenvalue weighted by atomic mass is 16.5. The van der Waals surface area contributed by atoms with E-state index < -0.39 is 5.91 Å². The molecule has 0 radical (unpaired) electrons. The number of carbonyl (C=O) groups excluding carboxylic acids is 2.